The van der Waals surface area contributed by atoms with Crippen molar-refractivity contribution in [2.24, 2.45) is 39.4 Å². The molecular weight excluding hydrogens is 1200 g/mol. The van der Waals surface area contributed by atoms with Crippen molar-refractivity contribution in [1.82, 2.24) is 4.90 Å². The molecule has 8 aromatic rings. The lowest BCUT2D eigenvalue weighted by Gasteiger charge is -2.55. The van der Waals surface area contributed by atoms with Gasteiger partial charge in [-0.1, -0.05) is 181 Å². The third kappa shape index (κ3) is 13.0. The summed E-state index contributed by atoms with van der Waals surface area (Å²) in [7, 11) is 2.39. The summed E-state index contributed by atoms with van der Waals surface area (Å²) in [4.78, 5) is 6.69. The SMILES string of the molecule is C.CC(C)(C)C1Cc2ccc(F)c(F)c2Sc2ccccc21.CC(C)(C)C1c2ccc(F)c(F)c2CSc2c1sc1ccccc21.CC(C)(C)C1c2ccsc2SCc2c1ccc(F)c2F.CN1Cc2ccccc2C(C(C)(C)C)[C@@H]2C3CCC(CC3)[C@H]21. The van der Waals surface area contributed by atoms with Gasteiger partial charge in [-0.3, -0.25) is 4.90 Å². The van der Waals surface area contributed by atoms with E-state index in [0.717, 1.165) is 58.3 Å². The molecule has 3 aliphatic carbocycles. The first kappa shape index (κ1) is 66.5. The molecule has 2 bridgehead atoms. The van der Waals surface area contributed by atoms with Crippen LogP contribution in [0.1, 0.15) is 195 Å². The lowest BCUT2D eigenvalue weighted by atomic mass is 9.53. The zero-order valence-electron chi connectivity index (χ0n) is 52.6. The number of rotatable bonds is 0. The third-order valence-electron chi connectivity index (χ3n) is 19.3. The summed E-state index contributed by atoms with van der Waals surface area (Å²) < 4.78 is 86.2. The molecule has 6 heterocycles. The van der Waals surface area contributed by atoms with Gasteiger partial charge in [0.25, 0.3) is 0 Å². The summed E-state index contributed by atoms with van der Waals surface area (Å²) in [5.74, 6) is 0.529. The van der Waals surface area contributed by atoms with E-state index >= 15 is 0 Å². The van der Waals surface area contributed by atoms with E-state index in [1.54, 1.807) is 75.5 Å². The molecule has 12 heteroatoms. The molecule has 4 aliphatic heterocycles. The van der Waals surface area contributed by atoms with Gasteiger partial charge in [-0.25, -0.2) is 26.3 Å². The van der Waals surface area contributed by atoms with Gasteiger partial charge in [0.15, 0.2) is 34.9 Å². The fraction of sp³-hybridized carbons (Fsp3) is 0.447. The highest BCUT2D eigenvalue weighted by Crippen LogP contribution is 2.59. The summed E-state index contributed by atoms with van der Waals surface area (Å²) in [6, 6.07) is 37.7. The Morgan fingerprint density at radius 2 is 1.05 bits per heavy atom. The minimum Gasteiger partial charge on any atom is -0.299 e. The smallest absolute Gasteiger partial charge is 0.172 e. The van der Waals surface area contributed by atoms with Gasteiger partial charge in [0.05, 0.1) is 9.10 Å². The summed E-state index contributed by atoms with van der Waals surface area (Å²) in [5, 5.41) is 3.31. The predicted octanol–water partition coefficient (Wildman–Crippen LogP) is 24.3. The summed E-state index contributed by atoms with van der Waals surface area (Å²) in [6.45, 7) is 28.1. The van der Waals surface area contributed by atoms with E-state index in [0.29, 0.717) is 38.9 Å². The highest BCUT2D eigenvalue weighted by atomic mass is 32.2. The Morgan fingerprint density at radius 1 is 0.489 bits per heavy atom. The molecule has 0 spiro atoms. The molecule has 468 valence electrons. The van der Waals surface area contributed by atoms with Crippen LogP contribution < -0.4 is 0 Å². The van der Waals surface area contributed by atoms with Gasteiger partial charge in [0.2, 0.25) is 0 Å². The highest BCUT2D eigenvalue weighted by Gasteiger charge is 2.53. The topological polar surface area (TPSA) is 3.24 Å². The maximum atomic E-state index is 14.5. The van der Waals surface area contributed by atoms with Gasteiger partial charge in [-0.05, 0) is 171 Å². The number of halogens is 6. The van der Waals surface area contributed by atoms with Crippen molar-refractivity contribution in [3.8, 4) is 0 Å². The molecule has 3 fully saturated rings. The van der Waals surface area contributed by atoms with E-state index in [-0.39, 0.29) is 41.4 Å². The number of hydrogen-bond donors (Lipinski definition) is 0. The average molecular weight is 1290 g/mol. The first-order chi connectivity index (χ1) is 41.1. The number of benzene rings is 6. The maximum absolute atomic E-state index is 14.5. The Balaban J connectivity index is 0.000000129. The van der Waals surface area contributed by atoms with Crippen LogP contribution in [0.15, 0.2) is 140 Å². The van der Waals surface area contributed by atoms with E-state index < -0.39 is 34.9 Å². The average Bonchev–Trinajstić information content (AvgIpc) is 1.67. The number of nitrogens with zero attached hydrogens (tertiary/aromatic N) is 1. The zero-order chi connectivity index (χ0) is 62.2. The van der Waals surface area contributed by atoms with Crippen LogP contribution in [0.4, 0.5) is 26.3 Å². The van der Waals surface area contributed by atoms with Crippen molar-refractivity contribution in [2.75, 3.05) is 7.05 Å². The van der Waals surface area contributed by atoms with Crippen molar-refractivity contribution < 1.29 is 26.3 Å². The molecule has 7 aliphatic rings. The number of fused-ring (bicyclic) bond motifs is 11. The second-order valence-electron chi connectivity index (χ2n) is 29.3. The second kappa shape index (κ2) is 25.9. The molecule has 0 saturated heterocycles. The second-order valence-corrected chi connectivity index (χ2v) is 34.6. The number of hydrogen-bond acceptors (Lipinski definition) is 6. The monoisotopic (exact) mass is 1290 g/mol. The van der Waals surface area contributed by atoms with Crippen molar-refractivity contribution in [1.29, 1.82) is 0 Å². The van der Waals surface area contributed by atoms with Crippen LogP contribution in [-0.4, -0.2) is 18.0 Å². The molecule has 4 unspecified atom stereocenters. The highest BCUT2D eigenvalue weighted by molar-refractivity contribution is 8.00. The van der Waals surface area contributed by atoms with Crippen LogP contribution in [0.25, 0.3) is 10.1 Å². The zero-order valence-corrected chi connectivity index (χ0v) is 56.7. The van der Waals surface area contributed by atoms with E-state index in [9.17, 15) is 26.3 Å². The molecule has 2 aromatic heterocycles. The molecule has 0 radical (unpaired) electrons. The molecule has 1 nitrogen and oxygen atoms in total. The first-order valence-electron chi connectivity index (χ1n) is 30.9. The van der Waals surface area contributed by atoms with Crippen LogP contribution in [0.2, 0.25) is 0 Å². The standard InChI is InChI=1S/C21H31N.C20H18F2S2.C18H18F2S.C16H16F2S2.CH4/c1-21(2,3)19-17-8-6-5-7-16(17)13-22(4)20-15-11-9-14(10-12-15)18(19)20;1-20(2,3)16-11-8-9-14(21)17(22)13(11)10-23-18-12-6-4-5-7-15(12)24-19(16)18;1-18(2,3)13-10-11-8-9-14(19)16(20)17(11)21-15-7-5-4-6-12(13)15;1-16(2,3)13-9-4-5-12(17)14(18)11(9)8-20-15-10(13)6-7-19-15;/h5-8,14-15,18-20H,9-13H2,1-4H3;4-9,16H,10H2,1-3H3;4-9,13H,10H2,1-3H3;4-7,13H,8H2,1-3H3;1H4/t14?,15?,18-,19?,20+;;;;/m0..../s1. The molecular formula is C76H87F6NS5. The molecule has 6 aromatic carbocycles. The molecule has 15 rings (SSSR count). The molecule has 0 N–H and O–H groups in total. The van der Waals surface area contributed by atoms with Gasteiger partial charge < -0.3 is 0 Å². The van der Waals surface area contributed by atoms with Crippen LogP contribution in [0, 0.1) is 74.3 Å². The fourth-order valence-corrected chi connectivity index (χ4v) is 21.9. The Labute approximate surface area is 541 Å². The Bertz CT molecular complexity index is 3810. The van der Waals surface area contributed by atoms with Crippen molar-refractivity contribution in [2.45, 2.75) is 189 Å². The van der Waals surface area contributed by atoms with Crippen molar-refractivity contribution >= 4 is 68.0 Å². The molecule has 6 atom stereocenters. The Morgan fingerprint density at radius 3 is 1.68 bits per heavy atom. The Hall–Kier alpha value is -4.43. The Kier molecular flexibility index (Phi) is 19.6. The van der Waals surface area contributed by atoms with Gasteiger partial charge in [-0.15, -0.1) is 46.2 Å². The van der Waals surface area contributed by atoms with E-state index in [4.69, 9.17) is 0 Å². The summed E-state index contributed by atoms with van der Waals surface area (Å²) in [6.07, 6.45) is 6.65. The van der Waals surface area contributed by atoms with Gasteiger partial charge >= 0.3 is 0 Å². The van der Waals surface area contributed by atoms with Crippen molar-refractivity contribution in [3.05, 3.63) is 210 Å². The van der Waals surface area contributed by atoms with Gasteiger partial charge in [0.1, 0.15) is 0 Å². The van der Waals surface area contributed by atoms with Gasteiger partial charge in [0, 0.05) is 71.8 Å². The van der Waals surface area contributed by atoms with E-state index in [1.165, 1.54) is 90.8 Å². The minimum atomic E-state index is -0.770. The largest absolute Gasteiger partial charge is 0.299 e. The van der Waals surface area contributed by atoms with E-state index in [2.05, 4.69) is 155 Å². The summed E-state index contributed by atoms with van der Waals surface area (Å²) >= 11 is 8.07. The molecule has 3 saturated carbocycles. The van der Waals surface area contributed by atoms with E-state index in [1.807, 2.05) is 24.3 Å². The van der Waals surface area contributed by atoms with Crippen LogP contribution in [0.3, 0.4) is 0 Å². The van der Waals surface area contributed by atoms with Crippen LogP contribution >= 0.6 is 58.0 Å². The predicted molar refractivity (Wildman–Crippen MR) is 363 cm³/mol. The van der Waals surface area contributed by atoms with Crippen molar-refractivity contribution in [3.63, 3.8) is 0 Å². The van der Waals surface area contributed by atoms with Crippen LogP contribution in [-0.2, 0) is 24.5 Å². The summed E-state index contributed by atoms with van der Waals surface area (Å²) in [5.41, 5.74) is 9.80. The first-order valence-corrected chi connectivity index (χ1v) is 35.4. The minimum absolute atomic E-state index is 0. The lowest BCUT2D eigenvalue weighted by molar-refractivity contribution is -0.0391. The molecule has 88 heavy (non-hydrogen) atoms. The maximum Gasteiger partial charge on any atom is 0.172 e. The fourth-order valence-electron chi connectivity index (χ4n) is 15.6. The molecule has 0 amide bonds. The van der Waals surface area contributed by atoms with Gasteiger partial charge in [-0.2, -0.15) is 0 Å². The lowest BCUT2D eigenvalue weighted by Crippen LogP contribution is -2.54. The number of thioether (sulfide) groups is 2. The normalized spacial score (nSPS) is 22.8. The quantitative estimate of drug-likeness (QED) is 0.139. The number of thiophene rings is 2. The third-order valence-corrected chi connectivity index (χ3v) is 25.4. The van der Waals surface area contributed by atoms with Crippen LogP contribution in [0.5, 0.6) is 0 Å².